The number of thiophene rings is 1. The Morgan fingerprint density at radius 1 is 1.26 bits per heavy atom. The largest absolute Gasteiger partial charge is 0.349 e. The van der Waals surface area contributed by atoms with E-state index < -0.39 is 11.2 Å². The lowest BCUT2D eigenvalue weighted by Gasteiger charge is -2.13. The molecular weight excluding hydrogens is 414 g/mol. The minimum Gasteiger partial charge on any atom is -0.349 e. The average molecular weight is 446 g/mol. The maximum absolute atomic E-state index is 12.6. The molecule has 1 unspecified atom stereocenters. The number of aromatic nitrogens is 4. The van der Waals surface area contributed by atoms with E-state index >= 15 is 0 Å². The second-order valence-electron chi connectivity index (χ2n) is 8.27. The Morgan fingerprint density at radius 3 is 2.68 bits per heavy atom. The van der Waals surface area contributed by atoms with Gasteiger partial charge in [-0.25, -0.2) is 9.78 Å². The van der Waals surface area contributed by atoms with Gasteiger partial charge in [0.25, 0.3) is 5.56 Å². The first-order valence-corrected chi connectivity index (χ1v) is 11.7. The molecule has 8 nitrogen and oxygen atoms in total. The van der Waals surface area contributed by atoms with Crippen molar-refractivity contribution >= 4 is 28.4 Å². The lowest BCUT2D eigenvalue weighted by atomic mass is 10.2. The van der Waals surface area contributed by atoms with Gasteiger partial charge in [0.1, 0.15) is 5.82 Å². The molecule has 1 atom stereocenters. The molecule has 0 aliphatic rings. The lowest BCUT2D eigenvalue weighted by Crippen LogP contribution is -2.31. The van der Waals surface area contributed by atoms with Gasteiger partial charge in [0.15, 0.2) is 11.2 Å². The number of rotatable bonds is 10. The zero-order valence-electron chi connectivity index (χ0n) is 18.6. The van der Waals surface area contributed by atoms with Crippen LogP contribution in [-0.4, -0.2) is 25.0 Å². The first kappa shape index (κ1) is 23.0. The number of nitrogens with one attached hydrogen (secondary N) is 2. The predicted molar refractivity (Wildman–Crippen MR) is 124 cm³/mol. The highest BCUT2D eigenvalue weighted by Crippen LogP contribution is 2.19. The molecule has 0 aromatic carbocycles. The standard InChI is InChI=1S/C22H31N5O3S/c1-5-6-11-26-20-19(21(29)25-22(26)30)27(13-14(2)3)17(24-20)9-10-18(28)23-15(4)16-8-7-12-31-16/h7-8,12,14-15H,5-6,9-11,13H2,1-4H3,(H,23,28)(H,25,29,30). The average Bonchev–Trinajstić information content (AvgIpc) is 3.35. The molecule has 3 aromatic rings. The Hall–Kier alpha value is -2.68. The highest BCUT2D eigenvalue weighted by molar-refractivity contribution is 7.10. The molecule has 0 saturated heterocycles. The quantitative estimate of drug-likeness (QED) is 0.500. The van der Waals surface area contributed by atoms with Crippen LogP contribution in [0.15, 0.2) is 27.1 Å². The van der Waals surface area contributed by atoms with Crippen molar-refractivity contribution in [3.63, 3.8) is 0 Å². The maximum atomic E-state index is 12.6. The van der Waals surface area contributed by atoms with Gasteiger partial charge < -0.3 is 9.88 Å². The fourth-order valence-corrected chi connectivity index (χ4v) is 4.38. The van der Waals surface area contributed by atoms with Crippen LogP contribution in [0.5, 0.6) is 0 Å². The van der Waals surface area contributed by atoms with Gasteiger partial charge in [-0.2, -0.15) is 0 Å². The summed E-state index contributed by atoms with van der Waals surface area (Å²) in [6, 6.07) is 3.91. The SMILES string of the molecule is CCCCn1c(=O)[nH]c(=O)c2c1nc(CCC(=O)NC(C)c1cccs1)n2CC(C)C. The Morgan fingerprint density at radius 2 is 2.03 bits per heavy atom. The number of hydrogen-bond donors (Lipinski definition) is 2. The molecule has 0 radical (unpaired) electrons. The Bertz CT molecular complexity index is 1140. The first-order valence-electron chi connectivity index (χ1n) is 10.9. The van der Waals surface area contributed by atoms with E-state index in [1.807, 2.05) is 35.9 Å². The van der Waals surface area contributed by atoms with Crippen LogP contribution in [0, 0.1) is 5.92 Å². The van der Waals surface area contributed by atoms with E-state index in [4.69, 9.17) is 0 Å². The number of amides is 1. The summed E-state index contributed by atoms with van der Waals surface area (Å²) in [6.45, 7) is 9.22. The van der Waals surface area contributed by atoms with Crippen LogP contribution in [-0.2, 0) is 24.3 Å². The van der Waals surface area contributed by atoms with Crippen molar-refractivity contribution in [2.75, 3.05) is 0 Å². The van der Waals surface area contributed by atoms with Crippen LogP contribution in [0.3, 0.4) is 0 Å². The number of carbonyl (C=O) groups excluding carboxylic acids is 1. The molecule has 1 amide bonds. The monoisotopic (exact) mass is 445 g/mol. The van der Waals surface area contributed by atoms with Crippen LogP contribution in [0.2, 0.25) is 0 Å². The Kier molecular flexibility index (Phi) is 7.48. The van der Waals surface area contributed by atoms with Gasteiger partial charge in [0.05, 0.1) is 6.04 Å². The van der Waals surface area contributed by atoms with E-state index in [9.17, 15) is 14.4 Å². The molecule has 0 saturated carbocycles. The second kappa shape index (κ2) is 10.1. The third-order valence-electron chi connectivity index (χ3n) is 5.17. The van der Waals surface area contributed by atoms with E-state index in [-0.39, 0.29) is 24.3 Å². The maximum Gasteiger partial charge on any atom is 0.330 e. The fourth-order valence-electron chi connectivity index (χ4n) is 3.64. The number of fused-ring (bicyclic) bond motifs is 1. The van der Waals surface area contributed by atoms with Gasteiger partial charge in [0.2, 0.25) is 5.91 Å². The van der Waals surface area contributed by atoms with E-state index in [0.717, 1.165) is 17.7 Å². The van der Waals surface area contributed by atoms with E-state index in [1.54, 1.807) is 15.9 Å². The van der Waals surface area contributed by atoms with Crippen LogP contribution in [0.25, 0.3) is 11.2 Å². The highest BCUT2D eigenvalue weighted by atomic mass is 32.1. The highest BCUT2D eigenvalue weighted by Gasteiger charge is 2.20. The fraction of sp³-hybridized carbons (Fsp3) is 0.545. The van der Waals surface area contributed by atoms with Crippen LogP contribution < -0.4 is 16.6 Å². The number of H-pyrrole nitrogens is 1. The van der Waals surface area contributed by atoms with Gasteiger partial charge in [-0.3, -0.25) is 19.1 Å². The van der Waals surface area contributed by atoms with Gasteiger partial charge in [0, 0.05) is 30.8 Å². The van der Waals surface area contributed by atoms with Gasteiger partial charge in [-0.1, -0.05) is 33.3 Å². The third kappa shape index (κ3) is 5.33. The van der Waals surface area contributed by atoms with Crippen LogP contribution in [0.4, 0.5) is 0 Å². The van der Waals surface area contributed by atoms with Crippen molar-refractivity contribution in [2.24, 2.45) is 5.92 Å². The summed E-state index contributed by atoms with van der Waals surface area (Å²) in [5.74, 6) is 0.865. The van der Waals surface area contributed by atoms with Crippen molar-refractivity contribution in [3.05, 3.63) is 49.1 Å². The predicted octanol–water partition coefficient (Wildman–Crippen LogP) is 3.21. The lowest BCUT2D eigenvalue weighted by molar-refractivity contribution is -0.121. The number of hydrogen-bond acceptors (Lipinski definition) is 5. The van der Waals surface area contributed by atoms with Gasteiger partial charge >= 0.3 is 5.69 Å². The van der Waals surface area contributed by atoms with Crippen molar-refractivity contribution in [1.82, 2.24) is 24.4 Å². The molecule has 3 rings (SSSR count). The third-order valence-corrected chi connectivity index (χ3v) is 6.23. The molecule has 0 aliphatic heterocycles. The first-order chi connectivity index (χ1) is 14.8. The Balaban J connectivity index is 1.89. The number of carbonyl (C=O) groups is 1. The zero-order valence-corrected chi connectivity index (χ0v) is 19.4. The Labute approximate surface area is 185 Å². The summed E-state index contributed by atoms with van der Waals surface area (Å²) in [7, 11) is 0. The molecule has 0 aliphatic carbocycles. The smallest absolute Gasteiger partial charge is 0.330 e. The molecule has 3 heterocycles. The molecule has 0 fully saturated rings. The molecule has 3 aromatic heterocycles. The summed E-state index contributed by atoms with van der Waals surface area (Å²) in [4.78, 5) is 45.8. The summed E-state index contributed by atoms with van der Waals surface area (Å²) in [5, 5.41) is 5.01. The number of aryl methyl sites for hydroxylation is 2. The van der Waals surface area contributed by atoms with Gasteiger partial charge in [-0.05, 0) is 30.7 Å². The molecule has 31 heavy (non-hydrogen) atoms. The van der Waals surface area contributed by atoms with Crippen molar-refractivity contribution in [2.45, 2.75) is 72.5 Å². The molecule has 0 bridgehead atoms. The zero-order chi connectivity index (χ0) is 22.5. The minimum atomic E-state index is -0.436. The summed E-state index contributed by atoms with van der Waals surface area (Å²) < 4.78 is 3.41. The van der Waals surface area contributed by atoms with Crippen molar-refractivity contribution in [1.29, 1.82) is 0 Å². The summed E-state index contributed by atoms with van der Waals surface area (Å²) >= 11 is 1.61. The van der Waals surface area contributed by atoms with Crippen molar-refractivity contribution < 1.29 is 4.79 Å². The molecule has 168 valence electrons. The number of nitrogens with zero attached hydrogens (tertiary/aromatic N) is 3. The van der Waals surface area contributed by atoms with E-state index in [2.05, 4.69) is 29.1 Å². The van der Waals surface area contributed by atoms with Crippen molar-refractivity contribution in [3.8, 4) is 0 Å². The molecule has 0 spiro atoms. The van der Waals surface area contributed by atoms with E-state index in [0.29, 0.717) is 36.5 Å². The summed E-state index contributed by atoms with van der Waals surface area (Å²) in [5.41, 5.74) is -0.0471. The summed E-state index contributed by atoms with van der Waals surface area (Å²) in [6.07, 6.45) is 2.39. The van der Waals surface area contributed by atoms with Crippen LogP contribution >= 0.6 is 11.3 Å². The number of imidazole rings is 1. The topological polar surface area (TPSA) is 102 Å². The molecule has 2 N–H and O–H groups in total. The number of unbranched alkanes of at least 4 members (excludes halogenated alkanes) is 1. The minimum absolute atomic E-state index is 0.0518. The van der Waals surface area contributed by atoms with Gasteiger partial charge in [-0.15, -0.1) is 11.3 Å². The normalized spacial score (nSPS) is 12.5. The van der Waals surface area contributed by atoms with Crippen LogP contribution in [0.1, 0.15) is 63.7 Å². The molecular formula is C22H31N5O3S. The van der Waals surface area contributed by atoms with E-state index in [1.165, 1.54) is 0 Å². The second-order valence-corrected chi connectivity index (χ2v) is 9.25. The molecule has 9 heteroatoms. The number of aromatic amines is 1.